The monoisotopic (exact) mass is 304 g/mol. The van der Waals surface area contributed by atoms with Gasteiger partial charge in [0.05, 0.1) is 0 Å². The molecule has 6 heteroatoms. The molecule has 22 heavy (non-hydrogen) atoms. The van der Waals surface area contributed by atoms with E-state index in [0.29, 0.717) is 17.7 Å². The molecule has 1 aliphatic rings. The van der Waals surface area contributed by atoms with Crippen molar-refractivity contribution in [2.45, 2.75) is 38.1 Å². The van der Waals surface area contributed by atoms with Crippen LogP contribution in [0, 0.1) is 11.6 Å². The summed E-state index contributed by atoms with van der Waals surface area (Å²) in [6.07, 6.45) is 7.71. The lowest BCUT2D eigenvalue weighted by Crippen LogP contribution is -2.22. The summed E-state index contributed by atoms with van der Waals surface area (Å²) >= 11 is 0. The second-order valence-electron chi connectivity index (χ2n) is 5.50. The van der Waals surface area contributed by atoms with Gasteiger partial charge in [-0.15, -0.1) is 0 Å². The number of nitrogens with one attached hydrogen (secondary N) is 2. The van der Waals surface area contributed by atoms with Crippen LogP contribution in [0.2, 0.25) is 0 Å². The van der Waals surface area contributed by atoms with Crippen LogP contribution in [-0.2, 0) is 0 Å². The van der Waals surface area contributed by atoms with Gasteiger partial charge in [0.25, 0.3) is 0 Å². The van der Waals surface area contributed by atoms with Crippen molar-refractivity contribution in [3.8, 4) is 0 Å². The van der Waals surface area contributed by atoms with E-state index in [9.17, 15) is 8.78 Å². The average molecular weight is 304 g/mol. The van der Waals surface area contributed by atoms with Gasteiger partial charge in [0.15, 0.2) is 11.6 Å². The standard InChI is InChI=1S/C16H18F2N4/c17-13-7-6-12(10-14(13)18)21-16-19-9-8-15(22-16)20-11-4-2-1-3-5-11/h6-11H,1-5H2,(H2,19,20,21,22). The number of aromatic nitrogens is 2. The van der Waals surface area contributed by atoms with E-state index < -0.39 is 11.6 Å². The van der Waals surface area contributed by atoms with Crippen LogP contribution < -0.4 is 10.6 Å². The highest BCUT2D eigenvalue weighted by atomic mass is 19.2. The second-order valence-corrected chi connectivity index (χ2v) is 5.50. The number of hydrogen-bond acceptors (Lipinski definition) is 4. The lowest BCUT2D eigenvalue weighted by Gasteiger charge is -2.23. The molecule has 2 aromatic rings. The van der Waals surface area contributed by atoms with E-state index in [2.05, 4.69) is 20.6 Å². The summed E-state index contributed by atoms with van der Waals surface area (Å²) in [5.74, 6) is -0.681. The number of benzene rings is 1. The van der Waals surface area contributed by atoms with Crippen molar-refractivity contribution in [1.29, 1.82) is 0 Å². The third kappa shape index (κ3) is 3.69. The van der Waals surface area contributed by atoms with Crippen LogP contribution in [0.5, 0.6) is 0 Å². The van der Waals surface area contributed by atoms with Crippen molar-refractivity contribution in [3.63, 3.8) is 0 Å². The minimum atomic E-state index is -0.901. The van der Waals surface area contributed by atoms with Gasteiger partial charge in [0.1, 0.15) is 5.82 Å². The first-order valence-electron chi connectivity index (χ1n) is 7.52. The highest BCUT2D eigenvalue weighted by Gasteiger charge is 2.13. The Morgan fingerprint density at radius 3 is 2.59 bits per heavy atom. The maximum atomic E-state index is 13.2. The van der Waals surface area contributed by atoms with Gasteiger partial charge in [-0.2, -0.15) is 4.98 Å². The van der Waals surface area contributed by atoms with Crippen LogP contribution >= 0.6 is 0 Å². The Morgan fingerprint density at radius 1 is 1.00 bits per heavy atom. The van der Waals surface area contributed by atoms with Crippen molar-refractivity contribution < 1.29 is 8.78 Å². The lowest BCUT2D eigenvalue weighted by atomic mass is 9.95. The van der Waals surface area contributed by atoms with Crippen LogP contribution in [0.25, 0.3) is 0 Å². The molecular weight excluding hydrogens is 286 g/mol. The second kappa shape index (κ2) is 6.68. The van der Waals surface area contributed by atoms with Gasteiger partial charge >= 0.3 is 0 Å². The zero-order valence-corrected chi connectivity index (χ0v) is 12.1. The summed E-state index contributed by atoms with van der Waals surface area (Å²) in [5.41, 5.74) is 0.411. The molecule has 0 spiro atoms. The topological polar surface area (TPSA) is 49.8 Å². The number of hydrogen-bond donors (Lipinski definition) is 2. The van der Waals surface area contributed by atoms with Gasteiger partial charge in [-0.1, -0.05) is 19.3 Å². The van der Waals surface area contributed by atoms with Gasteiger partial charge in [0.2, 0.25) is 5.95 Å². The molecule has 0 bridgehead atoms. The molecule has 0 saturated heterocycles. The van der Waals surface area contributed by atoms with Crippen molar-refractivity contribution >= 4 is 17.5 Å². The molecule has 2 N–H and O–H groups in total. The van der Waals surface area contributed by atoms with Crippen LogP contribution in [0.1, 0.15) is 32.1 Å². The van der Waals surface area contributed by atoms with E-state index in [4.69, 9.17) is 0 Å². The summed E-state index contributed by atoms with van der Waals surface area (Å²) < 4.78 is 26.1. The summed E-state index contributed by atoms with van der Waals surface area (Å²) in [4.78, 5) is 8.47. The SMILES string of the molecule is Fc1ccc(Nc2nccc(NC3CCCCC3)n2)cc1F. The minimum absolute atomic E-state index is 0.354. The molecule has 116 valence electrons. The van der Waals surface area contributed by atoms with Gasteiger partial charge in [-0.3, -0.25) is 0 Å². The third-order valence-corrected chi connectivity index (χ3v) is 3.79. The molecule has 0 amide bonds. The predicted octanol–water partition coefficient (Wildman–Crippen LogP) is 4.24. The Hall–Kier alpha value is -2.24. The third-order valence-electron chi connectivity index (χ3n) is 3.79. The highest BCUT2D eigenvalue weighted by Crippen LogP contribution is 2.22. The van der Waals surface area contributed by atoms with E-state index in [1.165, 1.54) is 25.3 Å². The minimum Gasteiger partial charge on any atom is -0.367 e. The Labute approximate surface area is 128 Å². The largest absolute Gasteiger partial charge is 0.367 e. The first-order valence-corrected chi connectivity index (χ1v) is 7.52. The summed E-state index contributed by atoms with van der Waals surface area (Å²) in [6, 6.07) is 5.86. The molecule has 0 radical (unpaired) electrons. The van der Waals surface area contributed by atoms with Crippen LogP contribution in [-0.4, -0.2) is 16.0 Å². The molecule has 0 unspecified atom stereocenters. The Morgan fingerprint density at radius 2 is 1.82 bits per heavy atom. The average Bonchev–Trinajstić information content (AvgIpc) is 2.52. The fourth-order valence-electron chi connectivity index (χ4n) is 2.66. The molecule has 0 aliphatic heterocycles. The van der Waals surface area contributed by atoms with Crippen LogP contribution in [0.4, 0.5) is 26.2 Å². The van der Waals surface area contributed by atoms with Crippen LogP contribution in [0.3, 0.4) is 0 Å². The number of halogens is 2. The molecule has 1 heterocycles. The zero-order chi connectivity index (χ0) is 15.4. The maximum Gasteiger partial charge on any atom is 0.229 e. The fourth-order valence-corrected chi connectivity index (χ4v) is 2.66. The lowest BCUT2D eigenvalue weighted by molar-refractivity contribution is 0.462. The normalized spacial score (nSPS) is 15.5. The van der Waals surface area contributed by atoms with Crippen LogP contribution in [0.15, 0.2) is 30.5 Å². The predicted molar refractivity (Wildman–Crippen MR) is 82.2 cm³/mol. The molecule has 1 aromatic heterocycles. The summed E-state index contributed by atoms with van der Waals surface area (Å²) in [5, 5.41) is 6.28. The first kappa shape index (κ1) is 14.7. The molecule has 0 atom stereocenters. The number of rotatable bonds is 4. The van der Waals surface area contributed by atoms with Gasteiger partial charge in [-0.25, -0.2) is 13.8 Å². The molecule has 1 saturated carbocycles. The molecule has 1 fully saturated rings. The summed E-state index contributed by atoms with van der Waals surface area (Å²) in [7, 11) is 0. The summed E-state index contributed by atoms with van der Waals surface area (Å²) in [6.45, 7) is 0. The molecule has 1 aliphatic carbocycles. The van der Waals surface area contributed by atoms with Crippen molar-refractivity contribution in [2.75, 3.05) is 10.6 Å². The first-order chi connectivity index (χ1) is 10.7. The van der Waals surface area contributed by atoms with E-state index in [0.717, 1.165) is 30.8 Å². The fraction of sp³-hybridized carbons (Fsp3) is 0.375. The van der Waals surface area contributed by atoms with Crippen molar-refractivity contribution in [3.05, 3.63) is 42.1 Å². The number of anilines is 3. The van der Waals surface area contributed by atoms with E-state index in [1.807, 2.05) is 6.07 Å². The van der Waals surface area contributed by atoms with Crippen molar-refractivity contribution in [1.82, 2.24) is 9.97 Å². The Kier molecular flexibility index (Phi) is 4.46. The molecule has 3 rings (SSSR count). The maximum absolute atomic E-state index is 13.2. The Balaban J connectivity index is 1.68. The zero-order valence-electron chi connectivity index (χ0n) is 12.1. The Bertz CT molecular complexity index is 642. The van der Waals surface area contributed by atoms with E-state index >= 15 is 0 Å². The van der Waals surface area contributed by atoms with E-state index in [1.54, 1.807) is 6.20 Å². The molecule has 1 aromatic carbocycles. The number of nitrogens with zero attached hydrogens (tertiary/aromatic N) is 2. The quantitative estimate of drug-likeness (QED) is 0.887. The highest BCUT2D eigenvalue weighted by molar-refractivity contribution is 5.54. The van der Waals surface area contributed by atoms with Gasteiger partial charge in [-0.05, 0) is 31.0 Å². The molecule has 4 nitrogen and oxygen atoms in total. The van der Waals surface area contributed by atoms with Gasteiger partial charge in [0, 0.05) is 24.0 Å². The van der Waals surface area contributed by atoms with E-state index in [-0.39, 0.29) is 0 Å². The molecular formula is C16H18F2N4. The smallest absolute Gasteiger partial charge is 0.229 e. The van der Waals surface area contributed by atoms with Gasteiger partial charge < -0.3 is 10.6 Å². The van der Waals surface area contributed by atoms with Crippen molar-refractivity contribution in [2.24, 2.45) is 0 Å².